The third-order valence-corrected chi connectivity index (χ3v) is 8.97. The van der Waals surface area contributed by atoms with Crippen LogP contribution in [0.4, 0.5) is 0 Å². The van der Waals surface area contributed by atoms with Crippen molar-refractivity contribution in [3.8, 4) is 0 Å². The van der Waals surface area contributed by atoms with Gasteiger partial charge in [-0.25, -0.2) is 18.1 Å². The van der Waals surface area contributed by atoms with Crippen molar-refractivity contribution in [3.05, 3.63) is 63.9 Å². The van der Waals surface area contributed by atoms with Crippen LogP contribution in [0.1, 0.15) is 28.8 Å². The van der Waals surface area contributed by atoms with Crippen molar-refractivity contribution in [2.24, 2.45) is 7.05 Å². The van der Waals surface area contributed by atoms with E-state index < -0.39 is 21.5 Å². The molecule has 1 aromatic heterocycles. The number of sulfonamides is 1. The zero-order valence-electron chi connectivity index (χ0n) is 22.0. The Bertz CT molecular complexity index is 1550. The fourth-order valence-electron chi connectivity index (χ4n) is 4.46. The summed E-state index contributed by atoms with van der Waals surface area (Å²) in [6.07, 6.45) is 2.54. The maximum Gasteiger partial charge on any atom is 0.261 e. The van der Waals surface area contributed by atoms with Crippen LogP contribution in [-0.4, -0.2) is 67.8 Å². The second kappa shape index (κ2) is 11.9. The molecule has 2 aromatic carbocycles. The largest absolute Gasteiger partial charge is 0.353 e. The first-order chi connectivity index (χ1) is 18.6. The van der Waals surface area contributed by atoms with E-state index in [9.17, 15) is 22.8 Å². The normalized spacial score (nSPS) is 15.2. The summed E-state index contributed by atoms with van der Waals surface area (Å²) in [6, 6.07) is 11.2. The molecule has 3 aromatic rings. The Hall–Kier alpha value is -3.26. The molecule has 0 bridgehead atoms. The van der Waals surface area contributed by atoms with Gasteiger partial charge in [0.1, 0.15) is 5.54 Å². The van der Waals surface area contributed by atoms with Gasteiger partial charge in [-0.2, -0.15) is 0 Å². The summed E-state index contributed by atoms with van der Waals surface area (Å²) >= 11 is 1.33. The number of carbonyl (C=O) groups excluding carboxylic acids is 2. The minimum Gasteiger partial charge on any atom is -0.353 e. The highest BCUT2D eigenvalue weighted by atomic mass is 32.2. The van der Waals surface area contributed by atoms with Crippen LogP contribution in [0, 0.1) is 6.92 Å². The summed E-state index contributed by atoms with van der Waals surface area (Å²) in [5.41, 5.74) is 0.261. The molecule has 1 fully saturated rings. The van der Waals surface area contributed by atoms with Crippen LogP contribution in [0.15, 0.2) is 57.3 Å². The summed E-state index contributed by atoms with van der Waals surface area (Å²) in [6.45, 7) is 2.97. The predicted octanol–water partition coefficient (Wildman–Crippen LogP) is 0.911. The molecule has 4 rings (SSSR count). The number of amides is 2. The van der Waals surface area contributed by atoms with Gasteiger partial charge < -0.3 is 16.0 Å². The number of thioether (sulfide) groups is 1. The number of nitrogens with one attached hydrogen (secondary N) is 4. The molecule has 1 aliphatic heterocycles. The van der Waals surface area contributed by atoms with Gasteiger partial charge in [-0.1, -0.05) is 29.5 Å². The third-order valence-electron chi connectivity index (χ3n) is 6.76. The van der Waals surface area contributed by atoms with Gasteiger partial charge in [-0.05, 0) is 69.4 Å². The molecule has 208 valence electrons. The Labute approximate surface area is 231 Å². The lowest BCUT2D eigenvalue weighted by molar-refractivity contribution is -0.128. The van der Waals surface area contributed by atoms with Crippen LogP contribution < -0.4 is 26.2 Å². The Balaban J connectivity index is 1.45. The molecule has 39 heavy (non-hydrogen) atoms. The van der Waals surface area contributed by atoms with Crippen LogP contribution in [0.5, 0.6) is 0 Å². The molecule has 1 aliphatic rings. The molecule has 0 spiro atoms. The fourth-order valence-corrected chi connectivity index (χ4v) is 6.04. The Morgan fingerprint density at radius 2 is 1.79 bits per heavy atom. The molecule has 2 heterocycles. The first-order valence-corrected chi connectivity index (χ1v) is 15.2. The number of nitrogens with zero attached hydrogens (tertiary/aromatic N) is 2. The summed E-state index contributed by atoms with van der Waals surface area (Å²) in [7, 11) is -2.06. The molecular formula is C26H32N6O5S2. The van der Waals surface area contributed by atoms with Crippen molar-refractivity contribution in [1.29, 1.82) is 0 Å². The number of benzene rings is 2. The van der Waals surface area contributed by atoms with E-state index in [1.54, 1.807) is 37.4 Å². The lowest BCUT2D eigenvalue weighted by Crippen LogP contribution is -2.63. The second-order valence-corrected chi connectivity index (χ2v) is 12.0. The number of hydrogen-bond acceptors (Lipinski definition) is 8. The average Bonchev–Trinajstić information content (AvgIpc) is 2.93. The number of piperidine rings is 1. The van der Waals surface area contributed by atoms with Gasteiger partial charge in [-0.3, -0.25) is 19.0 Å². The van der Waals surface area contributed by atoms with Crippen molar-refractivity contribution in [3.63, 3.8) is 0 Å². The van der Waals surface area contributed by atoms with E-state index in [1.807, 2.05) is 13.2 Å². The smallest absolute Gasteiger partial charge is 0.261 e. The maximum atomic E-state index is 13.3. The fraction of sp³-hybridized carbons (Fsp3) is 0.385. The van der Waals surface area contributed by atoms with Crippen molar-refractivity contribution < 1.29 is 18.0 Å². The van der Waals surface area contributed by atoms with Crippen molar-refractivity contribution in [2.75, 3.05) is 32.4 Å². The molecule has 2 amide bonds. The van der Waals surface area contributed by atoms with Gasteiger partial charge in [0.25, 0.3) is 11.5 Å². The molecule has 0 atom stereocenters. The number of fused-ring (bicyclic) bond motifs is 1. The van der Waals surface area contributed by atoms with E-state index in [0.717, 1.165) is 5.56 Å². The van der Waals surface area contributed by atoms with E-state index in [-0.39, 0.29) is 35.0 Å². The van der Waals surface area contributed by atoms with Crippen molar-refractivity contribution in [1.82, 2.24) is 30.2 Å². The van der Waals surface area contributed by atoms with Gasteiger partial charge in [0.15, 0.2) is 5.16 Å². The number of aryl methyl sites for hydroxylation is 1. The molecule has 0 unspecified atom stereocenters. The maximum absolute atomic E-state index is 13.3. The summed E-state index contributed by atoms with van der Waals surface area (Å²) in [5, 5.41) is 9.80. The SMILES string of the molecule is CSc1nc2cc(C(=O)NC3(C(=O)NCCNS(=O)(=O)c4ccc(C)cc4)CCNCC3)ccc2c(=O)n1C. The van der Waals surface area contributed by atoms with Crippen LogP contribution in [-0.2, 0) is 21.9 Å². The number of rotatable bonds is 9. The van der Waals surface area contributed by atoms with Crippen LogP contribution >= 0.6 is 11.8 Å². The quantitative estimate of drug-likeness (QED) is 0.168. The first-order valence-electron chi connectivity index (χ1n) is 12.5. The monoisotopic (exact) mass is 572 g/mol. The van der Waals surface area contributed by atoms with E-state index in [0.29, 0.717) is 42.0 Å². The topological polar surface area (TPSA) is 151 Å². The third kappa shape index (κ3) is 6.32. The molecule has 4 N–H and O–H groups in total. The summed E-state index contributed by atoms with van der Waals surface area (Å²) < 4.78 is 29.0. The van der Waals surface area contributed by atoms with Gasteiger partial charge in [0.2, 0.25) is 15.9 Å². The summed E-state index contributed by atoms with van der Waals surface area (Å²) in [4.78, 5) is 43.9. The second-order valence-electron chi connectivity index (χ2n) is 9.45. The van der Waals surface area contributed by atoms with E-state index in [4.69, 9.17) is 0 Å². The Morgan fingerprint density at radius 1 is 1.10 bits per heavy atom. The zero-order valence-corrected chi connectivity index (χ0v) is 23.7. The Kier molecular flexibility index (Phi) is 8.74. The molecule has 0 aliphatic carbocycles. The van der Waals surface area contributed by atoms with Crippen LogP contribution in [0.2, 0.25) is 0 Å². The van der Waals surface area contributed by atoms with Crippen LogP contribution in [0.25, 0.3) is 10.9 Å². The van der Waals surface area contributed by atoms with E-state index in [2.05, 4.69) is 25.7 Å². The van der Waals surface area contributed by atoms with Crippen molar-refractivity contribution >= 4 is 44.5 Å². The standard InChI is InChI=1S/C26H32N6O5S2/c1-17-4-7-19(8-5-17)39(36,37)29-15-14-28-24(35)26(10-12-27-13-11-26)31-22(33)18-6-9-20-21(16-18)30-25(38-3)32(2)23(20)34/h4-9,16,27,29H,10-15H2,1-3H3,(H,28,35)(H,31,33). The first kappa shape index (κ1) is 28.7. The minimum atomic E-state index is -3.71. The van der Waals surface area contributed by atoms with Gasteiger partial charge in [-0.15, -0.1) is 0 Å². The van der Waals surface area contributed by atoms with Crippen LogP contribution in [0.3, 0.4) is 0 Å². The van der Waals surface area contributed by atoms with E-state index >= 15 is 0 Å². The molecule has 11 nitrogen and oxygen atoms in total. The van der Waals surface area contributed by atoms with E-state index in [1.165, 1.54) is 28.5 Å². The number of hydrogen-bond donors (Lipinski definition) is 4. The lowest BCUT2D eigenvalue weighted by atomic mass is 9.86. The highest BCUT2D eigenvalue weighted by Gasteiger charge is 2.41. The zero-order chi connectivity index (χ0) is 28.2. The number of aromatic nitrogens is 2. The predicted molar refractivity (Wildman–Crippen MR) is 150 cm³/mol. The number of carbonyl (C=O) groups is 2. The molecule has 13 heteroatoms. The van der Waals surface area contributed by atoms with Gasteiger partial charge >= 0.3 is 0 Å². The Morgan fingerprint density at radius 3 is 2.46 bits per heavy atom. The van der Waals surface area contributed by atoms with Crippen molar-refractivity contribution in [2.45, 2.75) is 35.4 Å². The highest BCUT2D eigenvalue weighted by molar-refractivity contribution is 7.98. The average molecular weight is 573 g/mol. The van der Waals surface area contributed by atoms with Gasteiger partial charge in [0.05, 0.1) is 15.8 Å². The summed E-state index contributed by atoms with van der Waals surface area (Å²) in [5.74, 6) is -0.841. The molecule has 0 radical (unpaired) electrons. The lowest BCUT2D eigenvalue weighted by Gasteiger charge is -2.37. The minimum absolute atomic E-state index is 0.00665. The highest BCUT2D eigenvalue weighted by Crippen LogP contribution is 2.21. The molecular weight excluding hydrogens is 540 g/mol. The molecule has 1 saturated heterocycles. The molecule has 0 saturated carbocycles. The van der Waals surface area contributed by atoms with Gasteiger partial charge in [0, 0.05) is 25.7 Å².